The molecule has 4 N–H and O–H groups in total. The molecule has 2 aliphatic rings. The molecule has 4 atom stereocenters. The van der Waals surface area contributed by atoms with Gasteiger partial charge in [0.2, 0.25) is 11.8 Å². The molecule has 0 bridgehead atoms. The Bertz CT molecular complexity index is 1080. The topological polar surface area (TPSA) is 117 Å². The lowest BCUT2D eigenvalue weighted by molar-refractivity contribution is -0.131. The van der Waals surface area contributed by atoms with Crippen LogP contribution in [0.1, 0.15) is 111 Å². The molecule has 1 saturated heterocycles. The van der Waals surface area contributed by atoms with E-state index in [-0.39, 0.29) is 22.3 Å². The number of amides is 3. The van der Waals surface area contributed by atoms with Crippen molar-refractivity contribution >= 4 is 41.4 Å². The highest BCUT2D eigenvalue weighted by molar-refractivity contribution is 8.18. The van der Waals surface area contributed by atoms with Gasteiger partial charge in [0, 0.05) is 6.42 Å². The third-order valence-electron chi connectivity index (χ3n) is 8.68. The van der Waals surface area contributed by atoms with E-state index in [9.17, 15) is 19.5 Å². The highest BCUT2D eigenvalue weighted by atomic mass is 32.2. The molecular weight excluding hydrogens is 619 g/mol. The lowest BCUT2D eigenvalue weighted by Gasteiger charge is -2.44. The molecule has 3 rings (SSSR count). The van der Waals surface area contributed by atoms with Crippen molar-refractivity contribution in [1.82, 2.24) is 16.0 Å². The van der Waals surface area contributed by atoms with Gasteiger partial charge in [-0.2, -0.15) is 0 Å². The lowest BCUT2D eigenvalue weighted by atomic mass is 9.83. The number of aliphatic hydroxyl groups is 1. The van der Waals surface area contributed by atoms with E-state index in [1.165, 1.54) is 19.3 Å². The molecule has 0 aromatic heterocycles. The predicted molar refractivity (Wildman–Crippen MR) is 191 cm³/mol. The minimum Gasteiger partial charge on any atom is -0.444 e. The number of thioether (sulfide) groups is 2. The Kier molecular flexibility index (Phi) is 15.6. The van der Waals surface area contributed by atoms with Crippen LogP contribution in [-0.4, -0.2) is 68.4 Å². The van der Waals surface area contributed by atoms with Crippen LogP contribution in [-0.2, 0) is 20.7 Å². The van der Waals surface area contributed by atoms with Gasteiger partial charge in [0.15, 0.2) is 0 Å². The summed E-state index contributed by atoms with van der Waals surface area (Å²) in [6.45, 7) is 11.5. The van der Waals surface area contributed by atoms with Gasteiger partial charge in [0.05, 0.1) is 16.2 Å². The van der Waals surface area contributed by atoms with Gasteiger partial charge in [-0.25, -0.2) is 4.79 Å². The average Bonchev–Trinajstić information content (AvgIpc) is 3.00. The van der Waals surface area contributed by atoms with Crippen molar-refractivity contribution in [2.24, 2.45) is 11.8 Å². The van der Waals surface area contributed by atoms with Gasteiger partial charge in [-0.15, -0.1) is 23.5 Å². The molecule has 0 radical (unpaired) electrons. The van der Waals surface area contributed by atoms with Crippen molar-refractivity contribution in [3.63, 3.8) is 0 Å². The van der Waals surface area contributed by atoms with Crippen molar-refractivity contribution in [1.29, 1.82) is 0 Å². The van der Waals surface area contributed by atoms with Crippen LogP contribution in [0, 0.1) is 11.8 Å². The zero-order chi connectivity index (χ0) is 33.7. The van der Waals surface area contributed by atoms with Crippen LogP contribution in [0.2, 0.25) is 0 Å². The summed E-state index contributed by atoms with van der Waals surface area (Å²) in [5.74, 6) is 1.87. The fraction of sp³-hybridized carbons (Fsp3) is 0.750. The zero-order valence-corrected chi connectivity index (χ0v) is 30.6. The molecular formula is C36H59N3O5S2. The molecule has 8 nitrogen and oxygen atoms in total. The van der Waals surface area contributed by atoms with Crippen molar-refractivity contribution in [3.05, 3.63) is 35.9 Å². The smallest absolute Gasteiger partial charge is 0.408 e. The minimum absolute atomic E-state index is 0.125. The second kappa shape index (κ2) is 18.6. The maximum absolute atomic E-state index is 14.1. The van der Waals surface area contributed by atoms with Crippen LogP contribution >= 0.6 is 23.5 Å². The van der Waals surface area contributed by atoms with E-state index in [4.69, 9.17) is 4.74 Å². The van der Waals surface area contributed by atoms with Crippen LogP contribution < -0.4 is 16.0 Å². The first-order chi connectivity index (χ1) is 21.8. The molecule has 1 aliphatic heterocycles. The van der Waals surface area contributed by atoms with Crippen LogP contribution in [0.3, 0.4) is 0 Å². The second-order valence-corrected chi connectivity index (χ2v) is 17.6. The SMILES string of the molecule is CCCC1([C@@H](O)[C@@H](CC2CCCCC2)NC(=O)[C@H](CC(C)C)NC(=O)[C@H](Cc2ccccc2)NC(=O)OC(C)(C)C)SCCCS1. The van der Waals surface area contributed by atoms with E-state index in [1.807, 2.05) is 67.7 Å². The lowest BCUT2D eigenvalue weighted by Crippen LogP contribution is -2.59. The zero-order valence-electron chi connectivity index (χ0n) is 28.9. The molecule has 3 amide bonds. The number of rotatable bonds is 15. The largest absolute Gasteiger partial charge is 0.444 e. The minimum atomic E-state index is -0.939. The van der Waals surface area contributed by atoms with Crippen LogP contribution in [0.5, 0.6) is 0 Å². The number of benzene rings is 1. The Morgan fingerprint density at radius 1 is 0.935 bits per heavy atom. The average molecular weight is 678 g/mol. The van der Waals surface area contributed by atoms with Gasteiger partial charge in [-0.05, 0) is 75.4 Å². The normalized spacial score (nSPS) is 19.8. The van der Waals surface area contributed by atoms with Crippen LogP contribution in [0.15, 0.2) is 30.3 Å². The molecule has 46 heavy (non-hydrogen) atoms. The molecule has 0 unspecified atom stereocenters. The summed E-state index contributed by atoms with van der Waals surface area (Å²) < 4.78 is 5.12. The maximum atomic E-state index is 14.1. The number of carbonyl (C=O) groups excluding carboxylic acids is 3. The fourth-order valence-electron chi connectivity index (χ4n) is 6.52. The highest BCUT2D eigenvalue weighted by Gasteiger charge is 2.45. The number of hydrogen-bond donors (Lipinski definition) is 4. The van der Waals surface area contributed by atoms with Gasteiger partial charge in [0.25, 0.3) is 0 Å². The Hall–Kier alpha value is -1.91. The standard InChI is InChI=1S/C36H59N3O5S2/c1-7-19-36(45-20-14-21-46-36)31(40)28(23-26-15-10-8-11-16-26)37-32(41)29(22-25(2)3)38-33(42)30(24-27-17-12-9-13-18-27)39-34(43)44-35(4,5)6/h9,12-13,17-18,25-26,28-31,40H,7-8,10-11,14-16,19-24H2,1-6H3,(H,37,41)(H,38,42)(H,39,43)/t28-,29+,30+,31+/m1/s1. The molecule has 1 aromatic carbocycles. The number of nitrogens with one attached hydrogen (secondary N) is 3. The molecule has 1 aliphatic carbocycles. The van der Waals surface area contributed by atoms with Crippen molar-refractivity contribution in [3.8, 4) is 0 Å². The number of alkyl carbamates (subject to hydrolysis) is 1. The summed E-state index contributed by atoms with van der Waals surface area (Å²) in [5.41, 5.74) is 0.152. The summed E-state index contributed by atoms with van der Waals surface area (Å²) in [5, 5.41) is 21.1. The Labute approximate surface area is 286 Å². The molecule has 10 heteroatoms. The van der Waals surface area contributed by atoms with Crippen molar-refractivity contribution < 1.29 is 24.2 Å². The van der Waals surface area contributed by atoms with E-state index in [0.29, 0.717) is 12.3 Å². The number of hydrogen-bond acceptors (Lipinski definition) is 7. The Morgan fingerprint density at radius 2 is 1.57 bits per heavy atom. The summed E-state index contributed by atoms with van der Waals surface area (Å²) in [7, 11) is 0. The Morgan fingerprint density at radius 3 is 2.15 bits per heavy atom. The third-order valence-corrected chi connectivity index (χ3v) is 12.2. The van der Waals surface area contributed by atoms with Gasteiger partial charge in [-0.1, -0.05) is 89.6 Å². The van der Waals surface area contributed by atoms with Crippen LogP contribution in [0.25, 0.3) is 0 Å². The van der Waals surface area contributed by atoms with E-state index in [1.54, 1.807) is 20.8 Å². The van der Waals surface area contributed by atoms with Gasteiger partial charge in [-0.3, -0.25) is 9.59 Å². The highest BCUT2D eigenvalue weighted by Crippen LogP contribution is 2.49. The Balaban J connectivity index is 1.83. The van der Waals surface area contributed by atoms with Gasteiger partial charge < -0.3 is 25.8 Å². The number of ether oxygens (including phenoxy) is 1. The number of aliphatic hydroxyl groups excluding tert-OH is 1. The van der Waals surface area contributed by atoms with E-state index in [2.05, 4.69) is 22.9 Å². The molecule has 1 aromatic rings. The molecule has 1 saturated carbocycles. The first-order valence-electron chi connectivity index (χ1n) is 17.4. The first kappa shape index (κ1) is 38.5. The molecule has 2 fully saturated rings. The van der Waals surface area contributed by atoms with E-state index < -0.39 is 41.8 Å². The van der Waals surface area contributed by atoms with E-state index >= 15 is 0 Å². The van der Waals surface area contributed by atoms with Crippen molar-refractivity contribution in [2.75, 3.05) is 11.5 Å². The summed E-state index contributed by atoms with van der Waals surface area (Å²) in [4.78, 5) is 40.8. The summed E-state index contributed by atoms with van der Waals surface area (Å²) in [6, 6.07) is 7.31. The number of carbonyl (C=O) groups is 3. The maximum Gasteiger partial charge on any atom is 0.408 e. The molecule has 0 spiro atoms. The quantitative estimate of drug-likeness (QED) is 0.161. The fourth-order valence-corrected chi connectivity index (χ4v) is 10.2. The third kappa shape index (κ3) is 12.6. The molecule has 1 heterocycles. The summed E-state index contributed by atoms with van der Waals surface area (Å²) >= 11 is 3.69. The molecule has 260 valence electrons. The first-order valence-corrected chi connectivity index (χ1v) is 19.4. The van der Waals surface area contributed by atoms with Gasteiger partial charge >= 0.3 is 6.09 Å². The predicted octanol–water partition coefficient (Wildman–Crippen LogP) is 6.84. The van der Waals surface area contributed by atoms with Gasteiger partial charge in [0.1, 0.15) is 17.7 Å². The monoisotopic (exact) mass is 677 g/mol. The summed E-state index contributed by atoms with van der Waals surface area (Å²) in [6.07, 6.45) is 8.82. The van der Waals surface area contributed by atoms with Crippen molar-refractivity contribution in [2.45, 2.75) is 146 Å². The van der Waals surface area contributed by atoms with E-state index in [0.717, 1.165) is 55.6 Å². The second-order valence-electron chi connectivity index (χ2n) is 14.5. The van der Waals surface area contributed by atoms with Crippen LogP contribution in [0.4, 0.5) is 4.79 Å².